The van der Waals surface area contributed by atoms with E-state index in [0.29, 0.717) is 12.1 Å². The van der Waals surface area contributed by atoms with Gasteiger partial charge in [0.2, 0.25) is 0 Å². The van der Waals surface area contributed by atoms with Gasteiger partial charge in [0.1, 0.15) is 5.76 Å². The predicted molar refractivity (Wildman–Crippen MR) is 80.5 cm³/mol. The molecule has 2 fully saturated rings. The highest BCUT2D eigenvalue weighted by molar-refractivity contribution is 5.10. The summed E-state index contributed by atoms with van der Waals surface area (Å²) in [5.41, 5.74) is 6.42. The molecule has 2 N–H and O–H groups in total. The molecule has 4 atom stereocenters. The van der Waals surface area contributed by atoms with Crippen molar-refractivity contribution in [3.05, 3.63) is 24.2 Å². The second-order valence-corrected chi connectivity index (χ2v) is 6.37. The molecular formula is C16H27N3O. The first-order valence-electron chi connectivity index (χ1n) is 7.99. The Labute approximate surface area is 121 Å². The Kier molecular flexibility index (Phi) is 4.15. The SMILES string of the molecule is CCC(N)C(c1ccco1)N1CC2CCCN2CC1C. The van der Waals surface area contributed by atoms with E-state index < -0.39 is 0 Å². The molecule has 0 spiro atoms. The van der Waals surface area contributed by atoms with E-state index >= 15 is 0 Å². The topological polar surface area (TPSA) is 45.6 Å². The van der Waals surface area contributed by atoms with Gasteiger partial charge in [-0.25, -0.2) is 0 Å². The Morgan fingerprint density at radius 2 is 2.30 bits per heavy atom. The Hall–Kier alpha value is -0.840. The summed E-state index contributed by atoms with van der Waals surface area (Å²) < 4.78 is 5.70. The minimum Gasteiger partial charge on any atom is -0.468 e. The fourth-order valence-corrected chi connectivity index (χ4v) is 3.90. The minimum absolute atomic E-state index is 0.136. The number of piperazine rings is 1. The average molecular weight is 277 g/mol. The van der Waals surface area contributed by atoms with Crippen LogP contribution in [-0.2, 0) is 0 Å². The van der Waals surface area contributed by atoms with Crippen LogP contribution >= 0.6 is 0 Å². The van der Waals surface area contributed by atoms with Crippen molar-refractivity contribution in [3.63, 3.8) is 0 Å². The second-order valence-electron chi connectivity index (χ2n) is 6.37. The van der Waals surface area contributed by atoms with Crippen LogP contribution in [0.3, 0.4) is 0 Å². The van der Waals surface area contributed by atoms with Gasteiger partial charge in [0.15, 0.2) is 0 Å². The van der Waals surface area contributed by atoms with Gasteiger partial charge in [-0.3, -0.25) is 9.80 Å². The third-order valence-electron chi connectivity index (χ3n) is 5.05. The zero-order valence-corrected chi connectivity index (χ0v) is 12.7. The molecule has 2 aliphatic rings. The van der Waals surface area contributed by atoms with Gasteiger partial charge in [-0.2, -0.15) is 0 Å². The Morgan fingerprint density at radius 3 is 3.00 bits per heavy atom. The second kappa shape index (κ2) is 5.88. The Balaban J connectivity index is 1.83. The van der Waals surface area contributed by atoms with E-state index in [0.717, 1.165) is 25.3 Å². The molecule has 4 nitrogen and oxygen atoms in total. The minimum atomic E-state index is 0.136. The van der Waals surface area contributed by atoms with Crippen LogP contribution in [0.25, 0.3) is 0 Å². The predicted octanol–water partition coefficient (Wildman–Crippen LogP) is 2.23. The zero-order chi connectivity index (χ0) is 14.1. The quantitative estimate of drug-likeness (QED) is 0.916. The molecule has 112 valence electrons. The van der Waals surface area contributed by atoms with E-state index in [9.17, 15) is 0 Å². The van der Waals surface area contributed by atoms with Gasteiger partial charge in [0.25, 0.3) is 0 Å². The molecule has 4 heteroatoms. The summed E-state index contributed by atoms with van der Waals surface area (Å²) in [7, 11) is 0. The third-order valence-corrected chi connectivity index (χ3v) is 5.05. The summed E-state index contributed by atoms with van der Waals surface area (Å²) >= 11 is 0. The van der Waals surface area contributed by atoms with Crippen molar-refractivity contribution in [3.8, 4) is 0 Å². The van der Waals surface area contributed by atoms with Crippen LogP contribution in [-0.4, -0.2) is 47.6 Å². The Bertz CT molecular complexity index is 419. The lowest BCUT2D eigenvalue weighted by Gasteiger charge is -2.46. The maximum atomic E-state index is 6.42. The molecule has 1 aromatic rings. The van der Waals surface area contributed by atoms with Gasteiger partial charge in [-0.15, -0.1) is 0 Å². The van der Waals surface area contributed by atoms with Crippen LogP contribution in [0, 0.1) is 0 Å². The van der Waals surface area contributed by atoms with Gasteiger partial charge in [0.05, 0.1) is 12.3 Å². The summed E-state index contributed by atoms with van der Waals surface area (Å²) in [5.74, 6) is 1.03. The van der Waals surface area contributed by atoms with Crippen molar-refractivity contribution < 1.29 is 4.42 Å². The first-order chi connectivity index (χ1) is 9.70. The number of fused-ring (bicyclic) bond motifs is 1. The van der Waals surface area contributed by atoms with Crippen molar-refractivity contribution in [2.24, 2.45) is 5.73 Å². The highest BCUT2D eigenvalue weighted by Gasteiger charge is 2.40. The van der Waals surface area contributed by atoms with Gasteiger partial charge in [-0.05, 0) is 44.9 Å². The summed E-state index contributed by atoms with van der Waals surface area (Å²) in [6, 6.07) is 5.66. The molecule has 20 heavy (non-hydrogen) atoms. The molecule has 0 radical (unpaired) electrons. The summed E-state index contributed by atoms with van der Waals surface area (Å²) in [5, 5.41) is 0. The molecule has 2 saturated heterocycles. The lowest BCUT2D eigenvalue weighted by Crippen LogP contribution is -2.58. The van der Waals surface area contributed by atoms with Crippen molar-refractivity contribution in [1.82, 2.24) is 9.80 Å². The first kappa shape index (κ1) is 14.1. The van der Waals surface area contributed by atoms with Gasteiger partial charge in [0, 0.05) is 31.2 Å². The summed E-state index contributed by atoms with van der Waals surface area (Å²) in [6.45, 7) is 8.05. The number of rotatable bonds is 4. The standard InChI is InChI=1S/C16H27N3O/c1-3-14(17)16(15-7-5-9-20-15)19-11-13-6-4-8-18(13)10-12(19)2/h5,7,9,12-14,16H,3-4,6,8,10-11,17H2,1-2H3. The lowest BCUT2D eigenvalue weighted by atomic mass is 9.97. The molecule has 2 aliphatic heterocycles. The first-order valence-corrected chi connectivity index (χ1v) is 7.99. The zero-order valence-electron chi connectivity index (χ0n) is 12.7. The number of nitrogens with two attached hydrogens (primary N) is 1. The molecule has 3 heterocycles. The highest BCUT2D eigenvalue weighted by Crippen LogP contribution is 2.33. The van der Waals surface area contributed by atoms with E-state index in [1.807, 2.05) is 6.07 Å². The number of furan rings is 1. The van der Waals surface area contributed by atoms with E-state index in [-0.39, 0.29) is 12.1 Å². The largest absolute Gasteiger partial charge is 0.468 e. The van der Waals surface area contributed by atoms with Crippen LogP contribution < -0.4 is 5.73 Å². The van der Waals surface area contributed by atoms with Gasteiger partial charge < -0.3 is 10.2 Å². The van der Waals surface area contributed by atoms with Gasteiger partial charge >= 0.3 is 0 Å². The van der Waals surface area contributed by atoms with Crippen LogP contribution in [0.4, 0.5) is 0 Å². The monoisotopic (exact) mass is 277 g/mol. The molecule has 0 bridgehead atoms. The molecule has 3 rings (SSSR count). The van der Waals surface area contributed by atoms with Crippen molar-refractivity contribution >= 4 is 0 Å². The molecule has 1 aromatic heterocycles. The van der Waals surface area contributed by atoms with Crippen LogP contribution in [0.5, 0.6) is 0 Å². The smallest absolute Gasteiger partial charge is 0.122 e. The summed E-state index contributed by atoms with van der Waals surface area (Å²) in [4.78, 5) is 5.23. The molecular weight excluding hydrogens is 250 g/mol. The highest BCUT2D eigenvalue weighted by atomic mass is 16.3. The van der Waals surface area contributed by atoms with E-state index in [2.05, 4.69) is 29.7 Å². The lowest BCUT2D eigenvalue weighted by molar-refractivity contribution is 0.0114. The fourth-order valence-electron chi connectivity index (χ4n) is 3.90. The van der Waals surface area contributed by atoms with Crippen molar-refractivity contribution in [2.45, 2.75) is 57.3 Å². The average Bonchev–Trinajstić information content (AvgIpc) is 3.10. The van der Waals surface area contributed by atoms with Crippen LogP contribution in [0.2, 0.25) is 0 Å². The molecule has 0 aliphatic carbocycles. The van der Waals surface area contributed by atoms with Crippen LogP contribution in [0.15, 0.2) is 22.8 Å². The van der Waals surface area contributed by atoms with Crippen LogP contribution in [0.1, 0.15) is 44.9 Å². The molecule has 4 unspecified atom stereocenters. The summed E-state index contributed by atoms with van der Waals surface area (Å²) in [6.07, 6.45) is 5.41. The van der Waals surface area contributed by atoms with Crippen molar-refractivity contribution in [2.75, 3.05) is 19.6 Å². The Morgan fingerprint density at radius 1 is 1.45 bits per heavy atom. The number of hydrogen-bond acceptors (Lipinski definition) is 4. The molecule has 0 amide bonds. The van der Waals surface area contributed by atoms with E-state index in [1.54, 1.807) is 6.26 Å². The molecule has 0 aromatic carbocycles. The number of nitrogens with zero attached hydrogens (tertiary/aromatic N) is 2. The van der Waals surface area contributed by atoms with Crippen molar-refractivity contribution in [1.29, 1.82) is 0 Å². The van der Waals surface area contributed by atoms with Gasteiger partial charge in [-0.1, -0.05) is 6.92 Å². The maximum absolute atomic E-state index is 6.42. The van der Waals surface area contributed by atoms with E-state index in [1.165, 1.54) is 19.4 Å². The van der Waals surface area contributed by atoms with E-state index in [4.69, 9.17) is 10.2 Å². The third kappa shape index (κ3) is 2.52. The normalized spacial score (nSPS) is 31.1. The molecule has 0 saturated carbocycles. The number of hydrogen-bond donors (Lipinski definition) is 1. The fraction of sp³-hybridized carbons (Fsp3) is 0.750. The maximum Gasteiger partial charge on any atom is 0.122 e.